The Hall–Kier alpha value is -0.526. The van der Waals surface area contributed by atoms with Crippen LogP contribution in [0, 0.1) is 11.8 Å². The van der Waals surface area contributed by atoms with E-state index in [-0.39, 0.29) is 0 Å². The van der Waals surface area contributed by atoms with Crippen molar-refractivity contribution in [3.05, 3.63) is 21.5 Å². The summed E-state index contributed by atoms with van der Waals surface area (Å²) in [6, 6.07) is 0. The van der Waals surface area contributed by atoms with Gasteiger partial charge in [0.25, 0.3) is 0 Å². The first-order valence-corrected chi connectivity index (χ1v) is 18.6. The lowest BCUT2D eigenvalue weighted by Gasteiger charge is -2.65. The van der Waals surface area contributed by atoms with Gasteiger partial charge in [0.15, 0.2) is 0 Å². The van der Waals surface area contributed by atoms with Crippen molar-refractivity contribution in [1.29, 1.82) is 0 Å². The molecule has 0 radical (unpaired) electrons. The van der Waals surface area contributed by atoms with Gasteiger partial charge in [-0.1, -0.05) is 119 Å². The Labute approximate surface area is 214 Å². The van der Waals surface area contributed by atoms with E-state index in [2.05, 4.69) is 94.9 Å². The van der Waals surface area contributed by atoms with Crippen LogP contribution in [-0.4, -0.2) is 16.1 Å². The van der Waals surface area contributed by atoms with Gasteiger partial charge in [0.05, 0.1) is 0 Å². The van der Waals surface area contributed by atoms with Crippen molar-refractivity contribution in [3.63, 3.8) is 0 Å². The second-order valence-corrected chi connectivity index (χ2v) is 27.9. The molecule has 2 heteroatoms. The van der Waals surface area contributed by atoms with Crippen LogP contribution in [0.1, 0.15) is 134 Å². The second-order valence-electron chi connectivity index (χ2n) is 16.3. The molecule has 0 saturated heterocycles. The highest BCUT2D eigenvalue weighted by molar-refractivity contribution is 6.98. The summed E-state index contributed by atoms with van der Waals surface area (Å²) in [5.74, 6) is 8.25. The van der Waals surface area contributed by atoms with Crippen LogP contribution >= 0.6 is 0 Å². The molecular weight excluding hydrogens is 441 g/mol. The molecule has 0 nitrogen and oxygen atoms in total. The van der Waals surface area contributed by atoms with Gasteiger partial charge in [0, 0.05) is 0 Å². The monoisotopic (exact) mass is 494 g/mol. The van der Waals surface area contributed by atoms with Crippen molar-refractivity contribution in [2.24, 2.45) is 0 Å². The molecule has 2 fully saturated rings. The molecule has 0 amide bonds. The molecule has 34 heavy (non-hydrogen) atoms. The SMILES string of the molecule is CC(C)(C)[Si]1(C(C)(C)C)C(C#CC2=C3CCCCC3[Si]2(C(C)(C)C)C(C)(C)C)=C2CCCCC21. The Kier molecular flexibility index (Phi) is 6.23. The topological polar surface area (TPSA) is 0 Å². The summed E-state index contributed by atoms with van der Waals surface area (Å²) in [7, 11) is -3.55. The van der Waals surface area contributed by atoms with E-state index in [0.29, 0.717) is 20.2 Å². The van der Waals surface area contributed by atoms with Gasteiger partial charge in [-0.15, -0.1) is 0 Å². The van der Waals surface area contributed by atoms with Crippen molar-refractivity contribution >= 4 is 16.1 Å². The highest BCUT2D eigenvalue weighted by atomic mass is 28.3. The van der Waals surface area contributed by atoms with Crippen LogP contribution in [0.4, 0.5) is 0 Å². The number of allylic oxidation sites excluding steroid dienone is 4. The first-order valence-electron chi connectivity index (χ1n) is 14.4. The summed E-state index contributed by atoms with van der Waals surface area (Å²) in [5.41, 5.74) is 5.36. The van der Waals surface area contributed by atoms with E-state index in [4.69, 9.17) is 0 Å². The molecule has 0 aromatic heterocycles. The largest absolute Gasteiger partial charge is 0.115 e. The van der Waals surface area contributed by atoms with Crippen molar-refractivity contribution < 1.29 is 0 Å². The predicted octanol–water partition coefficient (Wildman–Crippen LogP) is 10.7. The van der Waals surface area contributed by atoms with E-state index < -0.39 is 16.1 Å². The summed E-state index contributed by atoms with van der Waals surface area (Å²) in [6.07, 6.45) is 11.1. The highest BCUT2D eigenvalue weighted by Crippen LogP contribution is 2.72. The minimum atomic E-state index is -1.78. The molecule has 4 aliphatic rings. The maximum atomic E-state index is 4.12. The summed E-state index contributed by atoms with van der Waals surface area (Å²) in [5, 5.41) is 4.83. The van der Waals surface area contributed by atoms with Crippen molar-refractivity contribution in [1.82, 2.24) is 0 Å². The molecule has 4 rings (SSSR count). The third kappa shape index (κ3) is 3.27. The molecule has 2 unspecified atom stereocenters. The Bertz CT molecular complexity index is 860. The summed E-state index contributed by atoms with van der Waals surface area (Å²) in [4.78, 5) is 0. The Balaban J connectivity index is 1.93. The second kappa shape index (κ2) is 7.98. The summed E-state index contributed by atoms with van der Waals surface area (Å²) >= 11 is 0. The van der Waals surface area contributed by atoms with Crippen LogP contribution in [0.5, 0.6) is 0 Å². The molecule has 190 valence electrons. The first-order chi connectivity index (χ1) is 15.4. The van der Waals surface area contributed by atoms with Gasteiger partial charge in [-0.3, -0.25) is 0 Å². The Morgan fingerprint density at radius 1 is 0.500 bits per heavy atom. The van der Waals surface area contributed by atoms with Crippen molar-refractivity contribution in [2.45, 2.75) is 166 Å². The lowest BCUT2D eigenvalue weighted by molar-refractivity contribution is 0.502. The zero-order chi connectivity index (χ0) is 25.5. The minimum absolute atomic E-state index is 0.355. The van der Waals surface area contributed by atoms with E-state index in [1.807, 2.05) is 0 Å². The zero-order valence-electron chi connectivity index (χ0n) is 24.8. The minimum Gasteiger partial charge on any atom is -0.0714 e. The van der Waals surface area contributed by atoms with E-state index >= 15 is 0 Å². The van der Waals surface area contributed by atoms with Gasteiger partial charge in [-0.25, -0.2) is 0 Å². The molecule has 2 aliphatic carbocycles. The lowest BCUT2D eigenvalue weighted by atomic mass is 9.91. The van der Waals surface area contributed by atoms with Crippen LogP contribution in [0.25, 0.3) is 0 Å². The molecule has 0 aromatic carbocycles. The van der Waals surface area contributed by atoms with Gasteiger partial charge in [0.1, 0.15) is 16.1 Å². The van der Waals surface area contributed by atoms with E-state index in [1.165, 1.54) is 51.4 Å². The van der Waals surface area contributed by atoms with Gasteiger partial charge >= 0.3 is 0 Å². The van der Waals surface area contributed by atoms with Crippen LogP contribution in [-0.2, 0) is 0 Å². The van der Waals surface area contributed by atoms with Crippen molar-refractivity contribution in [3.8, 4) is 11.8 Å². The Morgan fingerprint density at radius 2 is 0.794 bits per heavy atom. The van der Waals surface area contributed by atoms with Crippen LogP contribution in [0.2, 0.25) is 31.2 Å². The molecule has 0 aromatic rings. The highest BCUT2D eigenvalue weighted by Gasteiger charge is 2.68. The molecular formula is C32H54Si2. The van der Waals surface area contributed by atoms with E-state index in [9.17, 15) is 0 Å². The van der Waals surface area contributed by atoms with Gasteiger partial charge in [-0.05, 0) is 80.2 Å². The quantitative estimate of drug-likeness (QED) is 0.232. The molecule has 0 bridgehead atoms. The summed E-state index contributed by atoms with van der Waals surface area (Å²) in [6.45, 7) is 30.7. The standard InChI is InChI=1S/C32H54Si2/c1-29(2,3)33(30(4,5)6)25-19-15-13-17-23(25)27(33)21-22-28-24-18-14-16-20-26(24)34(28,31(7,8)9)32(10,11)12/h25-26H,13-20H2,1-12H3. The molecule has 0 spiro atoms. The number of hydrogen-bond acceptors (Lipinski definition) is 0. The predicted molar refractivity (Wildman–Crippen MR) is 157 cm³/mol. The number of fused-ring (bicyclic) bond motifs is 2. The van der Waals surface area contributed by atoms with Gasteiger partial charge in [-0.2, -0.15) is 0 Å². The van der Waals surface area contributed by atoms with E-state index in [0.717, 1.165) is 11.1 Å². The van der Waals surface area contributed by atoms with Crippen molar-refractivity contribution in [2.75, 3.05) is 0 Å². The van der Waals surface area contributed by atoms with E-state index in [1.54, 1.807) is 21.5 Å². The average molecular weight is 495 g/mol. The van der Waals surface area contributed by atoms with Crippen LogP contribution < -0.4 is 0 Å². The number of hydrogen-bond donors (Lipinski definition) is 0. The smallest absolute Gasteiger partial charge is 0.0714 e. The third-order valence-electron chi connectivity index (χ3n) is 10.7. The normalized spacial score (nSPS) is 28.8. The van der Waals surface area contributed by atoms with Gasteiger partial charge < -0.3 is 0 Å². The first kappa shape index (κ1) is 26.5. The zero-order valence-corrected chi connectivity index (χ0v) is 26.8. The summed E-state index contributed by atoms with van der Waals surface area (Å²) < 4.78 is 0. The molecule has 2 saturated carbocycles. The average Bonchev–Trinajstić information content (AvgIpc) is 2.61. The maximum Gasteiger partial charge on any atom is 0.115 e. The molecule has 0 N–H and O–H groups in total. The van der Waals surface area contributed by atoms with Crippen LogP contribution in [0.3, 0.4) is 0 Å². The fourth-order valence-electron chi connectivity index (χ4n) is 10.6. The lowest BCUT2D eigenvalue weighted by Crippen LogP contribution is -2.64. The van der Waals surface area contributed by atoms with Gasteiger partial charge in [0.2, 0.25) is 0 Å². The third-order valence-corrected chi connectivity index (χ3v) is 26.0. The Morgan fingerprint density at radius 3 is 1.06 bits per heavy atom. The molecule has 2 atom stereocenters. The fraction of sp³-hybridized carbons (Fsp3) is 0.812. The van der Waals surface area contributed by atoms with Crippen LogP contribution in [0.15, 0.2) is 21.5 Å². The molecule has 2 heterocycles. The molecule has 2 aliphatic heterocycles. The number of rotatable bonds is 0. The maximum absolute atomic E-state index is 4.12. The fourth-order valence-corrected chi connectivity index (χ4v) is 27.6.